The third-order valence-electron chi connectivity index (χ3n) is 4.61. The van der Waals surface area contributed by atoms with Gasteiger partial charge in [0.1, 0.15) is 0 Å². The van der Waals surface area contributed by atoms with Crippen molar-refractivity contribution >= 4 is 5.97 Å². The summed E-state index contributed by atoms with van der Waals surface area (Å²) in [6, 6.07) is 0. The first kappa shape index (κ1) is 15.0. The van der Waals surface area contributed by atoms with Crippen molar-refractivity contribution in [3.8, 4) is 0 Å². The fourth-order valence-electron chi connectivity index (χ4n) is 3.36. The van der Waals surface area contributed by atoms with Crippen LogP contribution in [-0.2, 0) is 17.9 Å². The van der Waals surface area contributed by atoms with Gasteiger partial charge in [-0.25, -0.2) is 4.98 Å². The lowest BCUT2D eigenvalue weighted by atomic mass is 9.78. The van der Waals surface area contributed by atoms with Crippen LogP contribution in [0.3, 0.4) is 0 Å². The average molecular weight is 279 g/mol. The van der Waals surface area contributed by atoms with E-state index in [0.29, 0.717) is 0 Å². The SMILES string of the molecule is CCn1cncc1CN(C)C1(CC(=O)O)CCCCC1. The predicted octanol–water partition coefficient (Wildman–Crippen LogP) is 2.51. The van der Waals surface area contributed by atoms with Crippen LogP contribution in [0.2, 0.25) is 0 Å². The molecule has 0 saturated heterocycles. The van der Waals surface area contributed by atoms with Gasteiger partial charge in [0.05, 0.1) is 18.4 Å². The Hall–Kier alpha value is -1.36. The molecule has 1 aromatic rings. The van der Waals surface area contributed by atoms with Crippen LogP contribution in [0.5, 0.6) is 0 Å². The Labute approximate surface area is 120 Å². The second kappa shape index (κ2) is 6.39. The van der Waals surface area contributed by atoms with Crippen molar-refractivity contribution in [3.05, 3.63) is 18.2 Å². The zero-order valence-corrected chi connectivity index (χ0v) is 12.5. The predicted molar refractivity (Wildman–Crippen MR) is 77.4 cm³/mol. The van der Waals surface area contributed by atoms with Gasteiger partial charge in [-0.2, -0.15) is 0 Å². The lowest BCUT2D eigenvalue weighted by Crippen LogP contribution is -2.49. The molecule has 0 aromatic carbocycles. The molecule has 0 radical (unpaired) electrons. The molecule has 1 aliphatic rings. The monoisotopic (exact) mass is 279 g/mol. The van der Waals surface area contributed by atoms with Gasteiger partial charge in [-0.15, -0.1) is 0 Å². The molecule has 0 unspecified atom stereocenters. The number of carbonyl (C=O) groups is 1. The molecule has 0 bridgehead atoms. The molecular weight excluding hydrogens is 254 g/mol. The number of nitrogens with zero attached hydrogens (tertiary/aromatic N) is 3. The number of hydrogen-bond acceptors (Lipinski definition) is 3. The molecule has 0 spiro atoms. The van der Waals surface area contributed by atoms with Gasteiger partial charge in [0, 0.05) is 24.8 Å². The van der Waals surface area contributed by atoms with E-state index in [2.05, 4.69) is 28.4 Å². The van der Waals surface area contributed by atoms with E-state index in [9.17, 15) is 9.90 Å². The third kappa shape index (κ3) is 3.20. The highest BCUT2D eigenvalue weighted by Gasteiger charge is 2.38. The molecule has 0 atom stereocenters. The van der Waals surface area contributed by atoms with Crippen molar-refractivity contribution in [2.75, 3.05) is 7.05 Å². The molecule has 1 N–H and O–H groups in total. The van der Waals surface area contributed by atoms with Gasteiger partial charge in [0.25, 0.3) is 0 Å². The van der Waals surface area contributed by atoms with Crippen LogP contribution in [0.1, 0.15) is 51.1 Å². The highest BCUT2D eigenvalue weighted by molar-refractivity contribution is 5.68. The number of rotatable bonds is 6. The minimum Gasteiger partial charge on any atom is -0.481 e. The first-order chi connectivity index (χ1) is 9.57. The van der Waals surface area contributed by atoms with E-state index in [4.69, 9.17) is 0 Å². The number of carboxylic acid groups (broad SMARTS) is 1. The molecular formula is C15H25N3O2. The molecule has 5 heteroatoms. The zero-order valence-electron chi connectivity index (χ0n) is 12.5. The topological polar surface area (TPSA) is 58.4 Å². The number of aliphatic carboxylic acids is 1. The van der Waals surface area contributed by atoms with E-state index in [0.717, 1.165) is 44.5 Å². The summed E-state index contributed by atoms with van der Waals surface area (Å²) in [6.07, 6.45) is 9.42. The van der Waals surface area contributed by atoms with Gasteiger partial charge in [0.2, 0.25) is 0 Å². The number of aryl methyl sites for hydroxylation is 1. The second-order valence-corrected chi connectivity index (χ2v) is 5.88. The Kier molecular flexibility index (Phi) is 4.81. The number of carboxylic acids is 1. The molecule has 1 fully saturated rings. The van der Waals surface area contributed by atoms with E-state index >= 15 is 0 Å². The first-order valence-corrected chi connectivity index (χ1v) is 7.49. The maximum Gasteiger partial charge on any atom is 0.305 e. The van der Waals surface area contributed by atoms with Crippen molar-refractivity contribution in [3.63, 3.8) is 0 Å². The Morgan fingerprint density at radius 1 is 1.45 bits per heavy atom. The highest BCUT2D eigenvalue weighted by Crippen LogP contribution is 2.36. The van der Waals surface area contributed by atoms with E-state index < -0.39 is 5.97 Å². The van der Waals surface area contributed by atoms with Gasteiger partial charge in [-0.05, 0) is 26.8 Å². The summed E-state index contributed by atoms with van der Waals surface area (Å²) >= 11 is 0. The Bertz CT molecular complexity index is 450. The Morgan fingerprint density at radius 2 is 2.15 bits per heavy atom. The molecule has 0 amide bonds. The molecule has 1 saturated carbocycles. The molecule has 20 heavy (non-hydrogen) atoms. The van der Waals surface area contributed by atoms with Gasteiger partial charge >= 0.3 is 5.97 Å². The molecule has 5 nitrogen and oxygen atoms in total. The summed E-state index contributed by atoms with van der Waals surface area (Å²) in [7, 11) is 2.06. The minimum atomic E-state index is -0.692. The summed E-state index contributed by atoms with van der Waals surface area (Å²) in [5, 5.41) is 9.26. The van der Waals surface area contributed by atoms with Crippen LogP contribution in [0.15, 0.2) is 12.5 Å². The largest absolute Gasteiger partial charge is 0.481 e. The second-order valence-electron chi connectivity index (χ2n) is 5.88. The van der Waals surface area contributed by atoms with E-state index in [-0.39, 0.29) is 12.0 Å². The van der Waals surface area contributed by atoms with Crippen molar-refractivity contribution < 1.29 is 9.90 Å². The summed E-state index contributed by atoms with van der Waals surface area (Å²) < 4.78 is 2.12. The Morgan fingerprint density at radius 3 is 2.75 bits per heavy atom. The standard InChI is InChI=1S/C15H25N3O2/c1-3-18-12-16-10-13(18)11-17(2)15(9-14(19)20)7-5-4-6-8-15/h10,12H,3-9,11H2,1-2H3,(H,19,20). The molecule has 0 aliphatic heterocycles. The van der Waals surface area contributed by atoms with Crippen molar-refractivity contribution in [1.29, 1.82) is 0 Å². The Balaban J connectivity index is 2.13. The van der Waals surface area contributed by atoms with Gasteiger partial charge < -0.3 is 9.67 Å². The van der Waals surface area contributed by atoms with Crippen LogP contribution >= 0.6 is 0 Å². The normalized spacial score (nSPS) is 18.4. The van der Waals surface area contributed by atoms with Crippen LogP contribution in [0, 0.1) is 0 Å². The lowest BCUT2D eigenvalue weighted by Gasteiger charge is -2.44. The van der Waals surface area contributed by atoms with Crippen molar-refractivity contribution in [2.24, 2.45) is 0 Å². The van der Waals surface area contributed by atoms with Crippen LogP contribution in [0.4, 0.5) is 0 Å². The van der Waals surface area contributed by atoms with Crippen molar-refractivity contribution in [1.82, 2.24) is 14.5 Å². The number of aromatic nitrogens is 2. The zero-order chi connectivity index (χ0) is 14.6. The third-order valence-corrected chi connectivity index (χ3v) is 4.61. The number of imidazole rings is 1. The minimum absolute atomic E-state index is 0.188. The number of hydrogen-bond donors (Lipinski definition) is 1. The lowest BCUT2D eigenvalue weighted by molar-refractivity contribution is -0.141. The van der Waals surface area contributed by atoms with E-state index in [1.807, 2.05) is 12.5 Å². The fourth-order valence-corrected chi connectivity index (χ4v) is 3.36. The summed E-state index contributed by atoms with van der Waals surface area (Å²) in [5.41, 5.74) is 0.970. The summed E-state index contributed by atoms with van der Waals surface area (Å²) in [5.74, 6) is -0.692. The summed E-state index contributed by atoms with van der Waals surface area (Å²) in [6.45, 7) is 3.76. The van der Waals surface area contributed by atoms with E-state index in [1.54, 1.807) is 0 Å². The average Bonchev–Trinajstić information content (AvgIpc) is 2.86. The first-order valence-electron chi connectivity index (χ1n) is 7.49. The van der Waals surface area contributed by atoms with Crippen LogP contribution < -0.4 is 0 Å². The van der Waals surface area contributed by atoms with Gasteiger partial charge in [0.15, 0.2) is 0 Å². The van der Waals surface area contributed by atoms with Crippen molar-refractivity contribution in [2.45, 2.75) is 64.1 Å². The maximum absolute atomic E-state index is 11.3. The maximum atomic E-state index is 11.3. The summed E-state index contributed by atoms with van der Waals surface area (Å²) in [4.78, 5) is 17.7. The smallest absolute Gasteiger partial charge is 0.305 e. The highest BCUT2D eigenvalue weighted by atomic mass is 16.4. The fraction of sp³-hybridized carbons (Fsp3) is 0.733. The molecule has 1 heterocycles. The molecule has 112 valence electrons. The van der Waals surface area contributed by atoms with Gasteiger partial charge in [-0.1, -0.05) is 19.3 Å². The molecule has 2 rings (SSSR count). The van der Waals surface area contributed by atoms with E-state index in [1.165, 1.54) is 6.42 Å². The van der Waals surface area contributed by atoms with Crippen LogP contribution in [0.25, 0.3) is 0 Å². The molecule has 1 aliphatic carbocycles. The van der Waals surface area contributed by atoms with Gasteiger partial charge in [-0.3, -0.25) is 9.69 Å². The van der Waals surface area contributed by atoms with Crippen LogP contribution in [-0.4, -0.2) is 38.1 Å². The quantitative estimate of drug-likeness (QED) is 0.869. The molecule has 1 aromatic heterocycles.